The molecule has 2 heterocycles. The number of fused-ring (bicyclic) bond motifs is 15. The van der Waals surface area contributed by atoms with E-state index in [1.807, 2.05) is 11.3 Å². The van der Waals surface area contributed by atoms with E-state index in [4.69, 9.17) is 0 Å². The Kier molecular flexibility index (Phi) is 7.13. The van der Waals surface area contributed by atoms with Crippen LogP contribution in [0.1, 0.15) is 22.3 Å². The third-order valence-electron chi connectivity index (χ3n) is 13.0. The van der Waals surface area contributed by atoms with E-state index < -0.39 is 5.41 Å². The maximum Gasteiger partial charge on any atom is 0.0741 e. The molecular weight excluding hydrogens is 745 g/mol. The van der Waals surface area contributed by atoms with Crippen molar-refractivity contribution in [2.75, 3.05) is 4.90 Å². The van der Waals surface area contributed by atoms with E-state index in [2.05, 4.69) is 228 Å². The van der Waals surface area contributed by atoms with E-state index in [1.54, 1.807) is 0 Å². The molecule has 0 bridgehead atoms. The van der Waals surface area contributed by atoms with Gasteiger partial charge in [-0.25, -0.2) is 0 Å². The molecule has 0 saturated carbocycles. The summed E-state index contributed by atoms with van der Waals surface area (Å²) in [5, 5.41) is 3.88. The van der Waals surface area contributed by atoms with E-state index in [-0.39, 0.29) is 0 Å². The second kappa shape index (κ2) is 12.8. The monoisotopic (exact) mass is 780 g/mol. The molecule has 9 aromatic carbocycles. The summed E-state index contributed by atoms with van der Waals surface area (Å²) in [6.45, 7) is 0. The van der Waals surface area contributed by atoms with Gasteiger partial charge in [0, 0.05) is 43.1 Å². The zero-order chi connectivity index (χ0) is 39.4. The molecule has 0 radical (unpaired) electrons. The Hall–Kier alpha value is -7.46. The summed E-state index contributed by atoms with van der Waals surface area (Å²) in [4.78, 5) is 3.77. The van der Waals surface area contributed by atoms with Crippen LogP contribution in [-0.4, -0.2) is 4.57 Å². The summed E-state index contributed by atoms with van der Waals surface area (Å²) in [6, 6.07) is 80.8. The summed E-state index contributed by atoms with van der Waals surface area (Å²) >= 11 is 1.93. The minimum atomic E-state index is -0.510. The predicted octanol–water partition coefficient (Wildman–Crippen LogP) is 15.5. The van der Waals surface area contributed by atoms with Gasteiger partial charge in [0.2, 0.25) is 0 Å². The molecule has 1 unspecified atom stereocenters. The number of nitrogens with zero attached hydrogens (tertiary/aromatic N) is 2. The molecule has 3 heteroatoms. The molecule has 13 rings (SSSR count). The highest BCUT2D eigenvalue weighted by atomic mass is 32.1. The van der Waals surface area contributed by atoms with Gasteiger partial charge in [-0.2, -0.15) is 0 Å². The first-order valence-corrected chi connectivity index (χ1v) is 21.5. The number of rotatable bonds is 5. The van der Waals surface area contributed by atoms with Gasteiger partial charge in [0.1, 0.15) is 0 Å². The molecule has 0 N–H and O–H groups in total. The zero-order valence-corrected chi connectivity index (χ0v) is 33.4. The molecule has 280 valence electrons. The number of thiophene rings is 1. The maximum atomic E-state index is 2.51. The van der Waals surface area contributed by atoms with Crippen molar-refractivity contribution in [1.29, 1.82) is 0 Å². The van der Waals surface area contributed by atoms with Crippen molar-refractivity contribution >= 4 is 60.3 Å². The van der Waals surface area contributed by atoms with Crippen molar-refractivity contribution in [3.8, 4) is 38.4 Å². The molecule has 0 amide bonds. The van der Waals surface area contributed by atoms with Crippen LogP contribution in [0.15, 0.2) is 218 Å². The van der Waals surface area contributed by atoms with Gasteiger partial charge in [-0.1, -0.05) is 146 Å². The Morgan fingerprint density at radius 1 is 0.383 bits per heavy atom. The molecule has 60 heavy (non-hydrogen) atoms. The van der Waals surface area contributed by atoms with Crippen LogP contribution in [0.2, 0.25) is 0 Å². The lowest BCUT2D eigenvalue weighted by Crippen LogP contribution is -2.26. The number of aromatic nitrogens is 1. The Balaban J connectivity index is 1.04. The molecule has 2 nitrogen and oxygen atoms in total. The Morgan fingerprint density at radius 3 is 1.65 bits per heavy atom. The van der Waals surface area contributed by atoms with E-state index in [0.717, 1.165) is 22.7 Å². The molecular formula is C57H36N2S. The van der Waals surface area contributed by atoms with E-state index in [9.17, 15) is 0 Å². The van der Waals surface area contributed by atoms with E-state index in [1.165, 1.54) is 86.8 Å². The summed E-state index contributed by atoms with van der Waals surface area (Å²) in [5.74, 6) is 0. The van der Waals surface area contributed by atoms with Crippen molar-refractivity contribution in [3.05, 3.63) is 241 Å². The summed E-state index contributed by atoms with van der Waals surface area (Å²) in [5.41, 5.74) is 18.3. The summed E-state index contributed by atoms with van der Waals surface area (Å²) < 4.78 is 3.72. The average Bonchev–Trinajstić information content (AvgIpc) is 4.03. The molecule has 1 atom stereocenters. The van der Waals surface area contributed by atoms with Gasteiger partial charge in [0.25, 0.3) is 0 Å². The normalized spacial score (nSPS) is 14.7. The van der Waals surface area contributed by atoms with Gasteiger partial charge in [-0.3, -0.25) is 0 Å². The van der Waals surface area contributed by atoms with Crippen molar-refractivity contribution < 1.29 is 0 Å². The highest BCUT2D eigenvalue weighted by Crippen LogP contribution is 2.66. The second-order valence-electron chi connectivity index (χ2n) is 16.0. The van der Waals surface area contributed by atoms with Crippen LogP contribution in [-0.2, 0) is 5.41 Å². The smallest absolute Gasteiger partial charge is 0.0741 e. The molecule has 11 aromatic rings. The summed E-state index contributed by atoms with van der Waals surface area (Å²) in [7, 11) is 0. The van der Waals surface area contributed by atoms with Crippen LogP contribution in [0.3, 0.4) is 0 Å². The first-order valence-electron chi connectivity index (χ1n) is 20.7. The quantitative estimate of drug-likeness (QED) is 0.169. The number of anilines is 3. The topological polar surface area (TPSA) is 8.17 Å². The van der Waals surface area contributed by atoms with Crippen LogP contribution >= 0.6 is 11.3 Å². The highest BCUT2D eigenvalue weighted by molar-refractivity contribution is 7.22. The van der Waals surface area contributed by atoms with E-state index in [0.29, 0.717) is 0 Å². The van der Waals surface area contributed by atoms with Gasteiger partial charge >= 0.3 is 0 Å². The Labute approximate surface area is 352 Å². The summed E-state index contributed by atoms with van der Waals surface area (Å²) in [6.07, 6.45) is 0. The Bertz CT molecular complexity index is 3390. The van der Waals surface area contributed by atoms with Crippen molar-refractivity contribution in [1.82, 2.24) is 4.57 Å². The van der Waals surface area contributed by atoms with Gasteiger partial charge in [0.05, 0.1) is 16.4 Å². The molecule has 2 aromatic heterocycles. The van der Waals surface area contributed by atoms with Gasteiger partial charge < -0.3 is 9.47 Å². The molecule has 2 aliphatic carbocycles. The average molecular weight is 781 g/mol. The molecule has 0 saturated heterocycles. The first kappa shape index (κ1) is 33.5. The molecule has 0 aliphatic heterocycles. The fraction of sp³-hybridized carbons (Fsp3) is 0.0175. The number of benzene rings is 9. The van der Waals surface area contributed by atoms with Crippen molar-refractivity contribution in [3.63, 3.8) is 0 Å². The fourth-order valence-electron chi connectivity index (χ4n) is 10.5. The molecule has 1 spiro atoms. The predicted molar refractivity (Wildman–Crippen MR) is 253 cm³/mol. The standard InChI is InChI=1S/C57H36N2S/c1-3-15-39(16-4-1)58(40-17-5-2-6-18-40)42-32-34-47-51(36-42)57(55-48-22-10-14-26-54(48)60-56(47)55)49-23-11-7-19-43(49)44-33-29-38(35-50(44)57)37-27-30-41(31-28-37)59-52-24-12-8-20-45(52)46-21-9-13-25-53(46)59/h1-36H. The Morgan fingerprint density at radius 2 is 0.933 bits per heavy atom. The molecule has 0 fully saturated rings. The van der Waals surface area contributed by atoms with Crippen LogP contribution in [0.4, 0.5) is 17.1 Å². The van der Waals surface area contributed by atoms with E-state index >= 15 is 0 Å². The fourth-order valence-corrected chi connectivity index (χ4v) is 11.8. The maximum absolute atomic E-state index is 2.51. The number of para-hydroxylation sites is 4. The van der Waals surface area contributed by atoms with Crippen molar-refractivity contribution in [2.45, 2.75) is 5.41 Å². The van der Waals surface area contributed by atoms with Gasteiger partial charge in [-0.05, 0) is 128 Å². The van der Waals surface area contributed by atoms with Crippen LogP contribution in [0.25, 0.3) is 70.3 Å². The van der Waals surface area contributed by atoms with Gasteiger partial charge in [0.15, 0.2) is 0 Å². The van der Waals surface area contributed by atoms with Crippen LogP contribution in [0, 0.1) is 0 Å². The van der Waals surface area contributed by atoms with Crippen LogP contribution < -0.4 is 4.90 Å². The number of hydrogen-bond donors (Lipinski definition) is 0. The lowest BCUT2D eigenvalue weighted by Gasteiger charge is -2.32. The molecule has 2 aliphatic rings. The first-order chi connectivity index (χ1) is 29.8. The third-order valence-corrected chi connectivity index (χ3v) is 14.2. The number of hydrogen-bond acceptors (Lipinski definition) is 2. The lowest BCUT2D eigenvalue weighted by molar-refractivity contribution is 0.803. The highest BCUT2D eigenvalue weighted by Gasteiger charge is 2.53. The largest absolute Gasteiger partial charge is 0.310 e. The minimum absolute atomic E-state index is 0.510. The SMILES string of the molecule is c1ccc(N(c2ccccc2)c2ccc3c(c2)C2(c4ccccc4-c4ccc(-c5ccc(-n6c7ccccc7c7ccccc76)cc5)cc42)c2c-3sc3ccccc23)cc1. The second-order valence-corrected chi connectivity index (χ2v) is 17.1. The third kappa shape index (κ3) is 4.58. The van der Waals surface area contributed by atoms with Crippen molar-refractivity contribution in [2.24, 2.45) is 0 Å². The lowest BCUT2D eigenvalue weighted by atomic mass is 9.69. The van der Waals surface area contributed by atoms with Crippen LogP contribution in [0.5, 0.6) is 0 Å². The zero-order valence-electron chi connectivity index (χ0n) is 32.6. The van der Waals surface area contributed by atoms with Gasteiger partial charge in [-0.15, -0.1) is 11.3 Å². The minimum Gasteiger partial charge on any atom is -0.310 e.